The van der Waals surface area contributed by atoms with Gasteiger partial charge in [0.25, 0.3) is 0 Å². The highest BCUT2D eigenvalue weighted by Crippen LogP contribution is 2.16. The summed E-state index contributed by atoms with van der Waals surface area (Å²) in [6.45, 7) is 7.69. The zero-order valence-corrected chi connectivity index (χ0v) is 12.0. The van der Waals surface area contributed by atoms with Gasteiger partial charge in [-0.2, -0.15) is 0 Å². The fraction of sp³-hybridized carbons (Fsp3) is 0.727. The third-order valence-electron chi connectivity index (χ3n) is 1.81. The summed E-state index contributed by atoms with van der Waals surface area (Å²) < 4.78 is 4.98. The molecule has 0 fully saturated rings. The number of aliphatic carboxylic acids is 1. The van der Waals surface area contributed by atoms with Gasteiger partial charge in [-0.15, -0.1) is 0 Å². The Balaban J connectivity index is 4.66. The molecule has 0 aliphatic carbocycles. The Morgan fingerprint density at radius 3 is 2.06 bits per heavy atom. The minimum absolute atomic E-state index is 0.0586. The van der Waals surface area contributed by atoms with Gasteiger partial charge in [-0.05, 0) is 27.7 Å². The second kappa shape index (κ2) is 6.08. The van der Waals surface area contributed by atoms with Crippen LogP contribution in [0.4, 0.5) is 4.79 Å². The fourth-order valence-corrected chi connectivity index (χ4v) is 1.61. The van der Waals surface area contributed by atoms with E-state index in [1.807, 2.05) is 0 Å². The molecule has 0 saturated heterocycles. The highest BCUT2D eigenvalue weighted by molar-refractivity contribution is 8.13. The normalized spacial score (nSPS) is 14.5. The summed E-state index contributed by atoms with van der Waals surface area (Å²) in [5, 5.41) is 11.2. The van der Waals surface area contributed by atoms with Crippen LogP contribution < -0.4 is 5.32 Å². The molecule has 0 aromatic heterocycles. The molecule has 6 nitrogen and oxygen atoms in total. The molecule has 0 aliphatic heterocycles. The third kappa shape index (κ3) is 6.48. The molecule has 0 aromatic rings. The summed E-state index contributed by atoms with van der Waals surface area (Å²) in [4.78, 5) is 33.5. The molecule has 104 valence electrons. The van der Waals surface area contributed by atoms with Gasteiger partial charge in [0.05, 0.1) is 0 Å². The Labute approximate surface area is 110 Å². The highest BCUT2D eigenvalue weighted by Gasteiger charge is 2.36. The predicted octanol–water partition coefficient (Wildman–Crippen LogP) is 1.63. The Morgan fingerprint density at radius 2 is 1.72 bits per heavy atom. The maximum Gasteiger partial charge on any atom is 0.408 e. The van der Waals surface area contributed by atoms with E-state index >= 15 is 0 Å². The molecule has 0 radical (unpaired) electrons. The maximum absolute atomic E-state index is 11.5. The van der Waals surface area contributed by atoms with Crippen molar-refractivity contribution in [3.05, 3.63) is 0 Å². The van der Waals surface area contributed by atoms with Crippen LogP contribution in [-0.2, 0) is 14.3 Å². The zero-order chi connectivity index (χ0) is 14.6. The first kappa shape index (κ1) is 16.8. The van der Waals surface area contributed by atoms with Gasteiger partial charge in [0.2, 0.25) is 0 Å². The number of alkyl carbamates (subject to hydrolysis) is 1. The molecular formula is C11H19NO5S. The van der Waals surface area contributed by atoms with E-state index in [9.17, 15) is 14.4 Å². The minimum atomic E-state index is -1.54. The molecule has 0 aliphatic rings. The second-order valence-electron chi connectivity index (χ2n) is 5.04. The van der Waals surface area contributed by atoms with E-state index < -0.39 is 23.2 Å². The van der Waals surface area contributed by atoms with Gasteiger partial charge in [-0.3, -0.25) is 4.79 Å². The van der Waals surface area contributed by atoms with Crippen LogP contribution in [0.5, 0.6) is 0 Å². The van der Waals surface area contributed by atoms with Crippen LogP contribution in [0.1, 0.15) is 34.6 Å². The highest BCUT2D eigenvalue weighted by atomic mass is 32.2. The van der Waals surface area contributed by atoms with Crippen molar-refractivity contribution in [1.29, 1.82) is 0 Å². The number of carbonyl (C=O) groups excluding carboxylic acids is 2. The second-order valence-corrected chi connectivity index (χ2v) is 6.20. The first-order chi connectivity index (χ1) is 7.96. The molecule has 0 spiro atoms. The SMILES string of the molecule is CC(=O)SC[C@](C)(NC(=O)OC(C)(C)C)C(=O)O. The molecule has 0 saturated carbocycles. The average Bonchev–Trinajstić information content (AvgIpc) is 2.11. The van der Waals surface area contributed by atoms with Crippen LogP contribution in [0.3, 0.4) is 0 Å². The van der Waals surface area contributed by atoms with Crippen molar-refractivity contribution < 1.29 is 24.2 Å². The van der Waals surface area contributed by atoms with Gasteiger partial charge in [0.1, 0.15) is 11.1 Å². The number of hydrogen-bond acceptors (Lipinski definition) is 5. The molecule has 0 rings (SSSR count). The molecule has 18 heavy (non-hydrogen) atoms. The number of rotatable bonds is 4. The van der Waals surface area contributed by atoms with E-state index in [1.165, 1.54) is 13.8 Å². The number of hydrogen-bond donors (Lipinski definition) is 2. The van der Waals surface area contributed by atoms with Crippen LogP contribution in [0.15, 0.2) is 0 Å². The van der Waals surface area contributed by atoms with E-state index in [4.69, 9.17) is 9.84 Å². The molecule has 7 heteroatoms. The van der Waals surface area contributed by atoms with Crippen molar-refractivity contribution in [2.24, 2.45) is 0 Å². The average molecular weight is 277 g/mol. The number of amides is 1. The number of nitrogens with one attached hydrogen (secondary N) is 1. The van der Waals surface area contributed by atoms with Crippen molar-refractivity contribution in [2.75, 3.05) is 5.75 Å². The van der Waals surface area contributed by atoms with Crippen LogP contribution in [0, 0.1) is 0 Å². The van der Waals surface area contributed by atoms with Crippen molar-refractivity contribution in [2.45, 2.75) is 45.8 Å². The number of carboxylic acid groups (broad SMARTS) is 1. The summed E-state index contributed by atoms with van der Waals surface area (Å²) in [7, 11) is 0. The van der Waals surface area contributed by atoms with E-state index in [1.54, 1.807) is 20.8 Å². The van der Waals surface area contributed by atoms with E-state index in [0.29, 0.717) is 0 Å². The smallest absolute Gasteiger partial charge is 0.408 e. The lowest BCUT2D eigenvalue weighted by Gasteiger charge is -2.27. The van der Waals surface area contributed by atoms with Crippen LogP contribution in [0.2, 0.25) is 0 Å². The molecule has 0 bridgehead atoms. The Bertz CT molecular complexity index is 350. The van der Waals surface area contributed by atoms with Gasteiger partial charge >= 0.3 is 12.1 Å². The van der Waals surface area contributed by atoms with Crippen molar-refractivity contribution >= 4 is 28.9 Å². The van der Waals surface area contributed by atoms with E-state index in [-0.39, 0.29) is 10.9 Å². The largest absolute Gasteiger partial charge is 0.479 e. The monoisotopic (exact) mass is 277 g/mol. The number of carbonyl (C=O) groups is 3. The van der Waals surface area contributed by atoms with Crippen molar-refractivity contribution in [1.82, 2.24) is 5.32 Å². The van der Waals surface area contributed by atoms with Crippen LogP contribution >= 0.6 is 11.8 Å². The summed E-state index contributed by atoms with van der Waals surface area (Å²) in [6, 6.07) is 0. The fourth-order valence-electron chi connectivity index (χ4n) is 0.926. The first-order valence-corrected chi connectivity index (χ1v) is 6.33. The Kier molecular flexibility index (Phi) is 5.66. The van der Waals surface area contributed by atoms with Gasteiger partial charge < -0.3 is 15.2 Å². The summed E-state index contributed by atoms with van der Waals surface area (Å²) in [5.74, 6) is -1.28. The lowest BCUT2D eigenvalue weighted by Crippen LogP contribution is -2.55. The first-order valence-electron chi connectivity index (χ1n) is 5.34. The van der Waals surface area contributed by atoms with Crippen LogP contribution in [-0.4, -0.2) is 39.2 Å². The Morgan fingerprint density at radius 1 is 1.22 bits per heavy atom. The van der Waals surface area contributed by atoms with Gasteiger partial charge in [-0.1, -0.05) is 11.8 Å². The Hall–Kier alpha value is -1.24. The molecule has 0 aromatic carbocycles. The quantitative estimate of drug-likeness (QED) is 0.811. The molecule has 1 amide bonds. The van der Waals surface area contributed by atoms with E-state index in [2.05, 4.69) is 5.32 Å². The molecular weight excluding hydrogens is 258 g/mol. The van der Waals surface area contributed by atoms with Crippen LogP contribution in [0.25, 0.3) is 0 Å². The van der Waals surface area contributed by atoms with Gasteiger partial charge in [-0.25, -0.2) is 9.59 Å². The molecule has 2 N–H and O–H groups in total. The minimum Gasteiger partial charge on any atom is -0.479 e. The van der Waals surface area contributed by atoms with Gasteiger partial charge in [0.15, 0.2) is 5.12 Å². The van der Waals surface area contributed by atoms with Gasteiger partial charge in [0, 0.05) is 12.7 Å². The summed E-state index contributed by atoms with van der Waals surface area (Å²) in [6.07, 6.45) is -0.823. The molecule has 0 unspecified atom stereocenters. The zero-order valence-electron chi connectivity index (χ0n) is 11.2. The number of thioether (sulfide) groups is 1. The maximum atomic E-state index is 11.5. The summed E-state index contributed by atoms with van der Waals surface area (Å²) >= 11 is 0.836. The van der Waals surface area contributed by atoms with E-state index in [0.717, 1.165) is 11.8 Å². The summed E-state index contributed by atoms with van der Waals surface area (Å²) in [5.41, 5.74) is -2.25. The topological polar surface area (TPSA) is 92.7 Å². The third-order valence-corrected chi connectivity index (χ3v) is 2.94. The number of ether oxygens (including phenoxy) is 1. The standard InChI is InChI=1S/C11H19NO5S/c1-7(13)18-6-11(5,8(14)15)12-9(16)17-10(2,3)4/h6H2,1-5H3,(H,12,16)(H,14,15)/t11-/m0/s1. The predicted molar refractivity (Wildman–Crippen MR) is 68.5 cm³/mol. The number of carboxylic acids is 1. The van der Waals surface area contributed by atoms with Crippen molar-refractivity contribution in [3.63, 3.8) is 0 Å². The lowest BCUT2D eigenvalue weighted by molar-refractivity contribution is -0.143. The van der Waals surface area contributed by atoms with Crippen molar-refractivity contribution in [3.8, 4) is 0 Å². The molecule has 1 atom stereocenters. The lowest BCUT2D eigenvalue weighted by atomic mass is 10.1. The molecule has 0 heterocycles.